The maximum atomic E-state index is 10.5. The first-order valence-corrected chi connectivity index (χ1v) is 5.97. The van der Waals surface area contributed by atoms with Crippen molar-refractivity contribution in [3.63, 3.8) is 0 Å². The molecule has 0 aliphatic carbocycles. The molecule has 0 saturated carbocycles. The van der Waals surface area contributed by atoms with Gasteiger partial charge in [-0.05, 0) is 25.5 Å². The molecule has 4 nitrogen and oxygen atoms in total. The summed E-state index contributed by atoms with van der Waals surface area (Å²) in [6, 6.07) is 8.36. The van der Waals surface area contributed by atoms with E-state index in [4.69, 9.17) is 5.26 Å². The van der Waals surface area contributed by atoms with Crippen LogP contribution in [0.4, 0.5) is 11.4 Å². The Balaban J connectivity index is 0.000000182. The maximum Gasteiger partial charge on any atom is 0.368 e. The van der Waals surface area contributed by atoms with E-state index in [1.165, 1.54) is 11.4 Å². The van der Waals surface area contributed by atoms with Crippen LogP contribution in [-0.2, 0) is 9.68 Å². The van der Waals surface area contributed by atoms with Gasteiger partial charge in [0, 0.05) is 12.6 Å². The Morgan fingerprint density at radius 3 is 2.33 bits per heavy atom. The third-order valence-corrected chi connectivity index (χ3v) is 2.70. The van der Waals surface area contributed by atoms with Crippen LogP contribution in [0.25, 0.3) is 0 Å². The summed E-state index contributed by atoms with van der Waals surface area (Å²) in [4.78, 5) is 16.1. The molecule has 0 fully saturated rings. The molecule has 2 rings (SSSR count). The van der Waals surface area contributed by atoms with Crippen LogP contribution >= 0.6 is 0 Å². The van der Waals surface area contributed by atoms with Crippen molar-refractivity contribution in [1.82, 2.24) is 0 Å². The summed E-state index contributed by atoms with van der Waals surface area (Å²) in [7, 11) is 2.07. The zero-order valence-electron chi connectivity index (χ0n) is 11.0. The molecule has 0 unspecified atom stereocenters. The number of unbranched alkanes of at least 4 members (excludes halogenated alkanes) is 1. The topological polar surface area (TPSA) is 49.5 Å². The number of allylic oxidation sites excluding steroid dienone is 1. The normalized spacial score (nSPS) is 12.2. The fraction of sp³-hybridized carbons (Fsp3) is 0.357. The molecule has 1 aromatic carbocycles. The molecule has 0 spiro atoms. The quantitative estimate of drug-likeness (QED) is 0.385. The first kappa shape index (κ1) is 14.3. The predicted octanol–water partition coefficient (Wildman–Crippen LogP) is 3.52. The second-order valence-corrected chi connectivity index (χ2v) is 4.10. The zero-order chi connectivity index (χ0) is 13.5. The first-order valence-electron chi connectivity index (χ1n) is 5.97. The number of hydrogen-bond acceptors (Lipinski definition) is 4. The van der Waals surface area contributed by atoms with Gasteiger partial charge >= 0.3 is 5.97 Å². The Kier molecular flexibility index (Phi) is 5.39. The number of para-hydroxylation sites is 2. The van der Waals surface area contributed by atoms with Crippen LogP contribution in [0, 0.1) is 0 Å². The van der Waals surface area contributed by atoms with Crippen molar-refractivity contribution in [3.8, 4) is 0 Å². The lowest BCUT2D eigenvalue weighted by molar-refractivity contribution is -0.229. The lowest BCUT2D eigenvalue weighted by Crippen LogP contribution is -2.01. The van der Waals surface area contributed by atoms with Crippen molar-refractivity contribution in [2.45, 2.75) is 26.7 Å². The van der Waals surface area contributed by atoms with Crippen LogP contribution in [0.5, 0.6) is 0 Å². The zero-order valence-corrected chi connectivity index (χ0v) is 11.0. The minimum Gasteiger partial charge on any atom is -0.341 e. The van der Waals surface area contributed by atoms with Crippen molar-refractivity contribution >= 4 is 17.3 Å². The third-order valence-electron chi connectivity index (χ3n) is 2.70. The molecule has 4 heteroatoms. The van der Waals surface area contributed by atoms with Gasteiger partial charge in [-0.15, -0.1) is 0 Å². The van der Waals surface area contributed by atoms with E-state index in [9.17, 15) is 4.79 Å². The number of fused-ring (bicyclic) bond motifs is 1. The lowest BCUT2D eigenvalue weighted by Gasteiger charge is -1.93. The summed E-state index contributed by atoms with van der Waals surface area (Å²) >= 11 is 0. The summed E-state index contributed by atoms with van der Waals surface area (Å²) in [5.74, 6) is -0.673. The van der Waals surface area contributed by atoms with Crippen molar-refractivity contribution < 1.29 is 14.9 Å². The van der Waals surface area contributed by atoms with Gasteiger partial charge in [0.15, 0.2) is 0 Å². The van der Waals surface area contributed by atoms with Gasteiger partial charge in [-0.2, -0.15) is 5.26 Å². The average Bonchev–Trinajstić information content (AvgIpc) is 3.07. The Morgan fingerprint density at radius 2 is 1.94 bits per heavy atom. The number of carbonyl (C=O) groups is 1. The predicted molar refractivity (Wildman–Crippen MR) is 71.9 cm³/mol. The molecule has 1 aromatic rings. The second kappa shape index (κ2) is 6.81. The first-order chi connectivity index (χ1) is 8.61. The molecular weight excluding hydrogens is 230 g/mol. The monoisotopic (exact) mass is 249 g/mol. The molecule has 1 aliphatic heterocycles. The second-order valence-electron chi connectivity index (χ2n) is 4.10. The van der Waals surface area contributed by atoms with Crippen LogP contribution in [-0.4, -0.2) is 18.3 Å². The van der Waals surface area contributed by atoms with Crippen molar-refractivity contribution in [2.24, 2.45) is 0 Å². The molecule has 0 atom stereocenters. The number of benzene rings is 1. The molecule has 1 heterocycles. The van der Waals surface area contributed by atoms with Crippen molar-refractivity contribution in [2.75, 3.05) is 11.9 Å². The molecule has 0 amide bonds. The fourth-order valence-electron chi connectivity index (χ4n) is 1.48. The number of nitrogens with zero attached hydrogens (tertiary/aromatic N) is 1. The number of carbonyl (C=O) groups excluding carboxylic acids is 1. The number of hydrogen-bond donors (Lipinski definition) is 1. The fourth-order valence-corrected chi connectivity index (χ4v) is 1.48. The van der Waals surface area contributed by atoms with Gasteiger partial charge in [-0.3, -0.25) is 4.89 Å². The molecule has 98 valence electrons. The minimum atomic E-state index is -0.673. The van der Waals surface area contributed by atoms with Crippen LogP contribution in [0.3, 0.4) is 0 Å². The molecule has 0 aromatic heterocycles. The maximum absolute atomic E-state index is 10.5. The van der Waals surface area contributed by atoms with Crippen LogP contribution in [0.2, 0.25) is 0 Å². The van der Waals surface area contributed by atoms with E-state index in [1.54, 1.807) is 13.0 Å². The van der Waals surface area contributed by atoms with Crippen molar-refractivity contribution in [3.05, 3.63) is 35.9 Å². The van der Waals surface area contributed by atoms with E-state index in [-0.39, 0.29) is 0 Å². The van der Waals surface area contributed by atoms with Gasteiger partial charge in [-0.1, -0.05) is 31.6 Å². The summed E-state index contributed by atoms with van der Waals surface area (Å²) in [6.07, 6.45) is 3.55. The Bertz CT molecular complexity index is 417. The smallest absolute Gasteiger partial charge is 0.341 e. The van der Waals surface area contributed by atoms with Gasteiger partial charge in [0.2, 0.25) is 0 Å². The number of rotatable bonds is 3. The standard InChI is InChI=1S/C7H7N.C7H12O3/c1-8-6-4-2-3-5-7(6)8;1-3-4-5-6(2)7(8)10-9/h2-5H,1H3;5,9H,3-4H2,1-2H3. The van der Waals surface area contributed by atoms with Gasteiger partial charge in [0.05, 0.1) is 11.4 Å². The largest absolute Gasteiger partial charge is 0.368 e. The van der Waals surface area contributed by atoms with E-state index < -0.39 is 5.97 Å². The molecule has 1 aliphatic rings. The summed E-state index contributed by atoms with van der Waals surface area (Å²) in [5.41, 5.74) is 3.18. The minimum absolute atomic E-state index is 0.448. The Labute approximate surface area is 107 Å². The molecular formula is C14H19NO3. The summed E-state index contributed by atoms with van der Waals surface area (Å²) < 4.78 is 0. The van der Waals surface area contributed by atoms with Gasteiger partial charge in [0.1, 0.15) is 0 Å². The molecule has 0 bridgehead atoms. The highest BCUT2D eigenvalue weighted by Gasteiger charge is 2.21. The highest BCUT2D eigenvalue weighted by Crippen LogP contribution is 2.44. The van der Waals surface area contributed by atoms with Crippen molar-refractivity contribution in [1.29, 1.82) is 0 Å². The Morgan fingerprint density at radius 1 is 1.39 bits per heavy atom. The molecule has 0 radical (unpaired) electrons. The van der Waals surface area contributed by atoms with Gasteiger partial charge in [-0.25, -0.2) is 4.79 Å². The highest BCUT2D eigenvalue weighted by molar-refractivity contribution is 5.91. The summed E-state index contributed by atoms with van der Waals surface area (Å²) in [6.45, 7) is 3.61. The number of anilines is 2. The van der Waals surface area contributed by atoms with E-state index in [0.717, 1.165) is 12.8 Å². The van der Waals surface area contributed by atoms with E-state index in [0.29, 0.717) is 5.57 Å². The summed E-state index contributed by atoms with van der Waals surface area (Å²) in [5, 5.41) is 7.91. The Hall–Kier alpha value is -1.81. The molecule has 1 N–H and O–H groups in total. The SMILES string of the molecule is CCCC=C(C)C(=O)OO.CN1c2ccccc21. The van der Waals surface area contributed by atoms with Gasteiger partial charge in [0.25, 0.3) is 0 Å². The van der Waals surface area contributed by atoms with Gasteiger partial charge < -0.3 is 4.90 Å². The average molecular weight is 249 g/mol. The molecule has 0 saturated heterocycles. The highest BCUT2D eigenvalue weighted by atomic mass is 17.1. The molecule has 18 heavy (non-hydrogen) atoms. The van der Waals surface area contributed by atoms with E-state index in [2.05, 4.69) is 41.1 Å². The van der Waals surface area contributed by atoms with E-state index >= 15 is 0 Å². The van der Waals surface area contributed by atoms with E-state index in [1.807, 2.05) is 6.92 Å². The van der Waals surface area contributed by atoms with Crippen LogP contribution in [0.1, 0.15) is 26.7 Å². The van der Waals surface area contributed by atoms with Crippen LogP contribution in [0.15, 0.2) is 35.9 Å². The lowest BCUT2D eigenvalue weighted by atomic mass is 10.2. The third kappa shape index (κ3) is 3.89. The van der Waals surface area contributed by atoms with Crippen LogP contribution < -0.4 is 4.90 Å².